The van der Waals surface area contributed by atoms with Crippen molar-refractivity contribution < 1.29 is 43.2 Å². The second kappa shape index (κ2) is 21.3. The molecule has 2 aromatic carbocycles. The second-order valence-electron chi connectivity index (χ2n) is 20.1. The van der Waals surface area contributed by atoms with E-state index in [1.54, 1.807) is 27.9 Å². The summed E-state index contributed by atoms with van der Waals surface area (Å²) in [5.41, 5.74) is 11.5. The molecule has 2 amide bonds. The summed E-state index contributed by atoms with van der Waals surface area (Å²) in [5.74, 6) is -0.884. The van der Waals surface area contributed by atoms with Crippen LogP contribution in [0.1, 0.15) is 87.9 Å². The third kappa shape index (κ3) is 11.6. The number of hydrogen-bond donors (Lipinski definition) is 3. The van der Waals surface area contributed by atoms with Gasteiger partial charge >= 0.3 is 12.1 Å². The molecule has 1 unspecified atom stereocenters. The lowest BCUT2D eigenvalue weighted by molar-refractivity contribution is -0.150. The van der Waals surface area contributed by atoms with E-state index in [9.17, 15) is 19.5 Å². The van der Waals surface area contributed by atoms with Crippen LogP contribution in [0.4, 0.5) is 10.5 Å². The standard InChI is InChI=1S/C52H67N7O9S/c1-32(64-7)45-39(24-36(27-53-45)57-17-19-66-20-18-57)47-40(26-52(5,6)31-60)38-23-34(21-35-22-37(28-58(47)46(35)38)67-29-33-13-10-9-11-14-33)43-30-69-44(54-43)25-42(55-50(63)68-51(2,3)4)48(61)59-16-12-15-41(56-59)49(62)65-8/h9-11,13-14,21,23-24,27,30,32,37,41-42,56,60H,12,15-20,22,25-26,28-29,31H2,1-8H3,(H,55,63)/t32-,37?,41-,42-/m0/s1. The number of esters is 1. The van der Waals surface area contributed by atoms with Gasteiger partial charge in [0, 0.05) is 74.6 Å². The normalized spacial score (nSPS) is 18.5. The van der Waals surface area contributed by atoms with Gasteiger partial charge in [-0.25, -0.2) is 15.2 Å². The smallest absolute Gasteiger partial charge is 0.408 e. The Labute approximate surface area is 408 Å². The van der Waals surface area contributed by atoms with E-state index in [1.165, 1.54) is 23.5 Å². The molecule has 370 valence electrons. The minimum Gasteiger partial charge on any atom is -0.468 e. The Morgan fingerprint density at radius 2 is 1.81 bits per heavy atom. The van der Waals surface area contributed by atoms with Crippen LogP contribution in [-0.4, -0.2) is 120 Å². The molecule has 17 heteroatoms. The van der Waals surface area contributed by atoms with Crippen molar-refractivity contribution in [3.05, 3.63) is 87.5 Å². The minimum absolute atomic E-state index is 0.0230. The summed E-state index contributed by atoms with van der Waals surface area (Å²) < 4.78 is 31.5. The maximum Gasteiger partial charge on any atom is 0.408 e. The summed E-state index contributed by atoms with van der Waals surface area (Å²) in [7, 11) is 3.02. The number of anilines is 1. The molecular formula is C52H67N7O9S. The molecule has 3 aliphatic heterocycles. The van der Waals surface area contributed by atoms with Crippen LogP contribution in [0.15, 0.2) is 60.1 Å². The van der Waals surface area contributed by atoms with Crippen LogP contribution in [0.5, 0.6) is 0 Å². The summed E-state index contributed by atoms with van der Waals surface area (Å²) in [4.78, 5) is 52.5. The number of hydrazine groups is 1. The van der Waals surface area contributed by atoms with Crippen LogP contribution in [0.3, 0.4) is 0 Å². The molecule has 69 heavy (non-hydrogen) atoms. The number of amides is 2. The number of aliphatic hydroxyl groups is 1. The molecule has 3 aromatic heterocycles. The number of ether oxygens (including phenoxy) is 5. The Hall–Kier alpha value is -5.43. The van der Waals surface area contributed by atoms with E-state index in [0.29, 0.717) is 63.6 Å². The summed E-state index contributed by atoms with van der Waals surface area (Å²) in [6.07, 6.45) is 3.09. The molecule has 2 fully saturated rings. The highest BCUT2D eigenvalue weighted by atomic mass is 32.1. The van der Waals surface area contributed by atoms with Gasteiger partial charge in [0.25, 0.3) is 5.91 Å². The van der Waals surface area contributed by atoms with Gasteiger partial charge in [0.1, 0.15) is 17.7 Å². The predicted octanol–water partition coefficient (Wildman–Crippen LogP) is 7.18. The summed E-state index contributed by atoms with van der Waals surface area (Å²) >= 11 is 1.40. The lowest BCUT2D eigenvalue weighted by Crippen LogP contribution is -2.60. The molecule has 16 nitrogen and oxygen atoms in total. The number of nitrogens with zero attached hydrogens (tertiary/aromatic N) is 5. The van der Waals surface area contributed by atoms with Gasteiger partial charge in [-0.3, -0.25) is 19.6 Å². The molecule has 0 radical (unpaired) electrons. The van der Waals surface area contributed by atoms with Gasteiger partial charge in [-0.2, -0.15) is 0 Å². The number of alkyl carbamates (subject to hydrolysis) is 1. The molecule has 4 atom stereocenters. The number of aliphatic hydroxyl groups excluding tert-OH is 1. The highest BCUT2D eigenvalue weighted by Crippen LogP contribution is 2.46. The number of hydrogen-bond acceptors (Lipinski definition) is 14. The average molecular weight is 966 g/mol. The summed E-state index contributed by atoms with van der Waals surface area (Å²) in [6.45, 7) is 15.6. The van der Waals surface area contributed by atoms with E-state index in [1.807, 2.05) is 36.7 Å². The van der Waals surface area contributed by atoms with Gasteiger partial charge in [-0.05, 0) is 87.3 Å². The fourth-order valence-corrected chi connectivity index (χ4v) is 10.3. The van der Waals surface area contributed by atoms with Crippen LogP contribution in [0.2, 0.25) is 0 Å². The van der Waals surface area contributed by atoms with Gasteiger partial charge < -0.3 is 43.6 Å². The Bertz CT molecular complexity index is 2620. The van der Waals surface area contributed by atoms with E-state index in [2.05, 4.69) is 64.4 Å². The van der Waals surface area contributed by atoms with Crippen LogP contribution in [0.25, 0.3) is 33.4 Å². The largest absolute Gasteiger partial charge is 0.468 e. The molecular weight excluding hydrogens is 899 g/mol. The fraction of sp³-hybridized carbons (Fsp3) is 0.519. The molecule has 5 aromatic rings. The minimum atomic E-state index is -1.05. The molecule has 0 aliphatic carbocycles. The van der Waals surface area contributed by atoms with E-state index in [0.717, 1.165) is 74.6 Å². The quantitative estimate of drug-likeness (QED) is 0.0849. The first-order chi connectivity index (χ1) is 33.0. The number of aromatic nitrogens is 3. The van der Waals surface area contributed by atoms with Crippen LogP contribution in [-0.2, 0) is 65.7 Å². The van der Waals surface area contributed by atoms with E-state index >= 15 is 0 Å². The highest BCUT2D eigenvalue weighted by molar-refractivity contribution is 7.10. The Balaban J connectivity index is 1.23. The first-order valence-electron chi connectivity index (χ1n) is 23.9. The molecule has 0 bridgehead atoms. The predicted molar refractivity (Wildman–Crippen MR) is 265 cm³/mol. The highest BCUT2D eigenvalue weighted by Gasteiger charge is 2.36. The van der Waals surface area contributed by atoms with E-state index in [-0.39, 0.29) is 25.2 Å². The van der Waals surface area contributed by atoms with E-state index < -0.39 is 41.1 Å². The van der Waals surface area contributed by atoms with Crippen molar-refractivity contribution in [2.75, 3.05) is 58.6 Å². The number of morpholine rings is 1. The van der Waals surface area contributed by atoms with Crippen LogP contribution < -0.4 is 15.6 Å². The molecule has 6 heterocycles. The maximum atomic E-state index is 14.2. The Kier molecular flexibility index (Phi) is 15.4. The first kappa shape index (κ1) is 50.0. The van der Waals surface area contributed by atoms with Crippen molar-refractivity contribution in [2.24, 2.45) is 5.41 Å². The third-order valence-corrected chi connectivity index (χ3v) is 13.9. The van der Waals surface area contributed by atoms with Gasteiger partial charge in [0.2, 0.25) is 0 Å². The Morgan fingerprint density at radius 3 is 2.52 bits per heavy atom. The number of pyridine rings is 1. The van der Waals surface area contributed by atoms with Crippen molar-refractivity contribution >= 4 is 45.9 Å². The SMILES string of the molecule is COC(=O)[C@@H]1CCCN(C(=O)[C@H](Cc2nc(-c3cc4c5c(c3)c(CC(C)(C)CO)c(-c3cc(N6CCOCC6)cnc3[C@H](C)OC)n5CC(OCc3ccccc3)C4)cs2)NC(=O)OC(C)(C)C)N1. The number of carbonyl (C=O) groups excluding carboxylic acids is 3. The average Bonchev–Trinajstić information content (AvgIpc) is 3.94. The fourth-order valence-electron chi connectivity index (χ4n) is 9.46. The van der Waals surface area contributed by atoms with Crippen molar-refractivity contribution in [1.82, 2.24) is 30.3 Å². The van der Waals surface area contributed by atoms with Crippen molar-refractivity contribution in [3.8, 4) is 22.5 Å². The molecule has 3 aliphatic rings. The zero-order valence-electron chi connectivity index (χ0n) is 41.1. The van der Waals surface area contributed by atoms with Crippen molar-refractivity contribution in [3.63, 3.8) is 0 Å². The molecule has 0 spiro atoms. The van der Waals surface area contributed by atoms with Crippen molar-refractivity contribution in [2.45, 2.75) is 117 Å². The monoisotopic (exact) mass is 965 g/mol. The third-order valence-electron chi connectivity index (χ3n) is 13.0. The van der Waals surface area contributed by atoms with Gasteiger partial charge in [0.05, 0.1) is 78.6 Å². The van der Waals surface area contributed by atoms with E-state index in [4.69, 9.17) is 33.7 Å². The van der Waals surface area contributed by atoms with Gasteiger partial charge in [0.15, 0.2) is 0 Å². The first-order valence-corrected chi connectivity index (χ1v) is 24.8. The van der Waals surface area contributed by atoms with Crippen LogP contribution in [0, 0.1) is 5.41 Å². The number of thiazole rings is 1. The van der Waals surface area contributed by atoms with Gasteiger partial charge in [-0.1, -0.05) is 44.2 Å². The number of carbonyl (C=O) groups is 3. The zero-order valence-corrected chi connectivity index (χ0v) is 41.9. The zero-order chi connectivity index (χ0) is 49.0. The molecule has 8 rings (SSSR count). The molecule has 0 saturated carbocycles. The van der Waals surface area contributed by atoms with Crippen molar-refractivity contribution in [1.29, 1.82) is 0 Å². The summed E-state index contributed by atoms with van der Waals surface area (Å²) in [5, 5.41) is 18.7. The number of methoxy groups -OCH3 is 2. The maximum absolute atomic E-state index is 14.2. The number of rotatable bonds is 16. The van der Waals surface area contributed by atoms with Crippen LogP contribution >= 0.6 is 11.3 Å². The number of nitrogens with one attached hydrogen (secondary N) is 2. The molecule has 2 saturated heterocycles. The second-order valence-corrected chi connectivity index (χ2v) is 21.0. The van der Waals surface area contributed by atoms with Gasteiger partial charge in [-0.15, -0.1) is 11.3 Å². The lowest BCUT2D eigenvalue weighted by atomic mass is 9.84. The topological polar surface area (TPSA) is 179 Å². The summed E-state index contributed by atoms with van der Waals surface area (Å²) in [6, 6.07) is 15.1. The Morgan fingerprint density at radius 1 is 1.04 bits per heavy atom. The molecule has 3 N–H and O–H groups in total. The lowest BCUT2D eigenvalue weighted by Gasteiger charge is -2.34. The number of benzene rings is 2.